The Kier molecular flexibility index (Phi) is 4.57. The summed E-state index contributed by atoms with van der Waals surface area (Å²) in [4.78, 5) is 10.8. The first-order valence-corrected chi connectivity index (χ1v) is 7.85. The van der Waals surface area contributed by atoms with Gasteiger partial charge in [-0.05, 0) is 18.2 Å². The average molecular weight is 345 g/mol. The number of nitrogens with zero attached hydrogens (tertiary/aromatic N) is 2. The molecule has 22 heavy (non-hydrogen) atoms. The van der Waals surface area contributed by atoms with Crippen molar-refractivity contribution in [1.29, 1.82) is 0 Å². The van der Waals surface area contributed by atoms with Crippen molar-refractivity contribution in [2.45, 2.75) is 11.4 Å². The zero-order valence-corrected chi connectivity index (χ0v) is 13.1. The minimum atomic E-state index is -3.84. The molecule has 10 heteroatoms. The lowest BCUT2D eigenvalue weighted by Crippen LogP contribution is -2.18. The van der Waals surface area contributed by atoms with Gasteiger partial charge in [-0.1, -0.05) is 11.6 Å². The molecule has 0 fully saturated rings. The quantitative estimate of drug-likeness (QED) is 0.805. The number of sulfonamides is 1. The lowest BCUT2D eigenvalue weighted by atomic mass is 10.3. The smallest absolute Gasteiger partial charge is 0.262 e. The number of amides is 1. The number of carbonyl (C=O) groups is 1. The molecule has 2 rings (SSSR count). The van der Waals surface area contributed by atoms with Gasteiger partial charge in [0, 0.05) is 6.20 Å². The maximum absolute atomic E-state index is 12.2. The van der Waals surface area contributed by atoms with Gasteiger partial charge in [0.1, 0.15) is 12.3 Å². The molecule has 0 spiro atoms. The largest absolute Gasteiger partial charge is 0.495 e. The predicted molar refractivity (Wildman–Crippen MR) is 80.2 cm³/mol. The van der Waals surface area contributed by atoms with Gasteiger partial charge in [-0.3, -0.25) is 14.2 Å². The van der Waals surface area contributed by atoms with Crippen LogP contribution in [0, 0.1) is 0 Å². The van der Waals surface area contributed by atoms with E-state index in [1.165, 1.54) is 42.4 Å². The Bertz CT molecular complexity index is 803. The van der Waals surface area contributed by atoms with Crippen LogP contribution in [0.15, 0.2) is 35.5 Å². The van der Waals surface area contributed by atoms with E-state index in [2.05, 4.69) is 9.82 Å². The maximum atomic E-state index is 12.2. The summed E-state index contributed by atoms with van der Waals surface area (Å²) in [6.07, 6.45) is 2.62. The molecular weight excluding hydrogens is 332 g/mol. The number of carbonyl (C=O) groups excluding carboxylic acids is 1. The molecular formula is C12H13ClN4O4S. The van der Waals surface area contributed by atoms with E-state index in [9.17, 15) is 13.2 Å². The van der Waals surface area contributed by atoms with Gasteiger partial charge in [0.25, 0.3) is 10.0 Å². The predicted octanol–water partition coefficient (Wildman–Crippen LogP) is 0.831. The SMILES string of the molecule is COc1ccc(S(=O)(=O)Nc2cnn(CC(N)=O)c2)cc1Cl. The number of anilines is 1. The topological polar surface area (TPSA) is 116 Å². The fourth-order valence-electron chi connectivity index (χ4n) is 1.69. The molecule has 0 saturated carbocycles. The van der Waals surface area contributed by atoms with Crippen molar-refractivity contribution in [3.05, 3.63) is 35.6 Å². The molecule has 1 aromatic heterocycles. The highest BCUT2D eigenvalue weighted by molar-refractivity contribution is 7.92. The summed E-state index contributed by atoms with van der Waals surface area (Å²) in [5.41, 5.74) is 5.23. The van der Waals surface area contributed by atoms with Gasteiger partial charge >= 0.3 is 0 Å². The summed E-state index contributed by atoms with van der Waals surface area (Å²) in [6, 6.07) is 4.09. The van der Waals surface area contributed by atoms with Crippen molar-refractivity contribution in [3.63, 3.8) is 0 Å². The van der Waals surface area contributed by atoms with Crippen molar-refractivity contribution in [2.75, 3.05) is 11.8 Å². The Labute approximate surface area is 131 Å². The summed E-state index contributed by atoms with van der Waals surface area (Å²) in [5, 5.41) is 4.00. The highest BCUT2D eigenvalue weighted by Gasteiger charge is 2.17. The van der Waals surface area contributed by atoms with Crippen molar-refractivity contribution in [3.8, 4) is 5.75 Å². The van der Waals surface area contributed by atoms with E-state index in [0.29, 0.717) is 5.75 Å². The Morgan fingerprint density at radius 2 is 2.23 bits per heavy atom. The minimum Gasteiger partial charge on any atom is -0.495 e. The third-order valence-electron chi connectivity index (χ3n) is 2.64. The first kappa shape index (κ1) is 16.1. The number of nitrogens with one attached hydrogen (secondary N) is 1. The molecule has 0 aliphatic carbocycles. The number of rotatable bonds is 6. The van der Waals surface area contributed by atoms with Gasteiger partial charge in [0.15, 0.2) is 0 Å². The molecule has 0 saturated heterocycles. The van der Waals surface area contributed by atoms with E-state index < -0.39 is 15.9 Å². The fourth-order valence-corrected chi connectivity index (χ4v) is 3.07. The number of hydrogen-bond donors (Lipinski definition) is 2. The number of halogens is 1. The van der Waals surface area contributed by atoms with Crippen molar-refractivity contribution >= 4 is 33.2 Å². The second kappa shape index (κ2) is 6.24. The molecule has 0 aliphatic rings. The summed E-state index contributed by atoms with van der Waals surface area (Å²) in [5.74, 6) is -0.214. The lowest BCUT2D eigenvalue weighted by Gasteiger charge is -2.08. The van der Waals surface area contributed by atoms with Crippen LogP contribution in [0.1, 0.15) is 0 Å². The minimum absolute atomic E-state index is 0.0269. The average Bonchev–Trinajstić information content (AvgIpc) is 2.84. The van der Waals surface area contributed by atoms with Crippen LogP contribution in [0.2, 0.25) is 5.02 Å². The normalized spacial score (nSPS) is 11.2. The first-order valence-electron chi connectivity index (χ1n) is 5.99. The standard InChI is InChI=1S/C12H13ClN4O4S/c1-21-11-3-2-9(4-10(11)13)22(19,20)16-8-5-15-17(6-8)7-12(14)18/h2-6,16H,7H2,1H3,(H2,14,18). The van der Waals surface area contributed by atoms with Crippen molar-refractivity contribution < 1.29 is 17.9 Å². The van der Waals surface area contributed by atoms with Crippen molar-refractivity contribution in [1.82, 2.24) is 9.78 Å². The van der Waals surface area contributed by atoms with Gasteiger partial charge in [0.2, 0.25) is 5.91 Å². The van der Waals surface area contributed by atoms with Gasteiger partial charge in [-0.25, -0.2) is 8.42 Å². The van der Waals surface area contributed by atoms with E-state index >= 15 is 0 Å². The highest BCUT2D eigenvalue weighted by Crippen LogP contribution is 2.27. The molecule has 1 heterocycles. The molecule has 1 aromatic carbocycles. The fraction of sp³-hybridized carbons (Fsp3) is 0.167. The second-order valence-corrected chi connectivity index (χ2v) is 6.38. The molecule has 118 valence electrons. The van der Waals surface area contributed by atoms with Crippen molar-refractivity contribution in [2.24, 2.45) is 5.73 Å². The van der Waals surface area contributed by atoms with Crippen LogP contribution in [0.25, 0.3) is 0 Å². The third-order valence-corrected chi connectivity index (χ3v) is 4.31. The van der Waals surface area contributed by atoms with E-state index in [1.807, 2.05) is 0 Å². The summed E-state index contributed by atoms with van der Waals surface area (Å²) >= 11 is 5.91. The van der Waals surface area contributed by atoms with Crippen LogP contribution in [-0.2, 0) is 21.4 Å². The number of benzene rings is 1. The Morgan fingerprint density at radius 1 is 1.50 bits per heavy atom. The molecule has 1 amide bonds. The van der Waals surface area contributed by atoms with Gasteiger partial charge in [0.05, 0.1) is 28.9 Å². The van der Waals surface area contributed by atoms with Crippen LogP contribution in [0.4, 0.5) is 5.69 Å². The summed E-state index contributed by atoms with van der Waals surface area (Å²) in [6.45, 7) is -0.143. The second-order valence-electron chi connectivity index (χ2n) is 4.29. The van der Waals surface area contributed by atoms with Crippen LogP contribution in [-0.4, -0.2) is 31.2 Å². The molecule has 0 radical (unpaired) electrons. The number of aromatic nitrogens is 2. The molecule has 0 aliphatic heterocycles. The molecule has 8 nitrogen and oxygen atoms in total. The maximum Gasteiger partial charge on any atom is 0.262 e. The van der Waals surface area contributed by atoms with E-state index in [1.54, 1.807) is 0 Å². The molecule has 0 atom stereocenters. The number of primary amides is 1. The van der Waals surface area contributed by atoms with E-state index in [4.69, 9.17) is 22.1 Å². The zero-order valence-electron chi connectivity index (χ0n) is 11.5. The Balaban J connectivity index is 2.22. The van der Waals surface area contributed by atoms with Crippen LogP contribution < -0.4 is 15.2 Å². The van der Waals surface area contributed by atoms with Crippen LogP contribution in [0.3, 0.4) is 0 Å². The summed E-state index contributed by atoms with van der Waals surface area (Å²) < 4.78 is 33.0. The zero-order chi connectivity index (χ0) is 16.3. The molecule has 2 aromatic rings. The number of methoxy groups -OCH3 is 1. The third kappa shape index (κ3) is 3.68. The molecule has 3 N–H and O–H groups in total. The molecule has 0 unspecified atom stereocenters. The number of nitrogens with two attached hydrogens (primary N) is 1. The lowest BCUT2D eigenvalue weighted by molar-refractivity contribution is -0.118. The van der Waals surface area contributed by atoms with Gasteiger partial charge in [-0.2, -0.15) is 5.10 Å². The van der Waals surface area contributed by atoms with Crippen LogP contribution in [0.5, 0.6) is 5.75 Å². The highest BCUT2D eigenvalue weighted by atomic mass is 35.5. The number of hydrogen-bond acceptors (Lipinski definition) is 5. The van der Waals surface area contributed by atoms with Crippen LogP contribution >= 0.6 is 11.6 Å². The Hall–Kier alpha value is -2.26. The van der Waals surface area contributed by atoms with Gasteiger partial charge < -0.3 is 10.5 Å². The monoisotopic (exact) mass is 344 g/mol. The molecule has 0 bridgehead atoms. The Morgan fingerprint density at radius 3 is 2.82 bits per heavy atom. The number of ether oxygens (including phenoxy) is 1. The van der Waals surface area contributed by atoms with Gasteiger partial charge in [-0.15, -0.1) is 0 Å². The summed E-state index contributed by atoms with van der Waals surface area (Å²) in [7, 11) is -2.40. The van der Waals surface area contributed by atoms with E-state index in [-0.39, 0.29) is 22.2 Å². The first-order chi connectivity index (χ1) is 10.3. The van der Waals surface area contributed by atoms with E-state index in [0.717, 1.165) is 0 Å².